The van der Waals surface area contributed by atoms with Crippen LogP contribution in [0.15, 0.2) is 29.3 Å². The van der Waals surface area contributed by atoms with Gasteiger partial charge in [-0.15, -0.1) is 23.1 Å². The molecule has 0 aliphatic heterocycles. The van der Waals surface area contributed by atoms with Crippen LogP contribution in [0.4, 0.5) is 10.5 Å². The number of nitrogens with zero attached hydrogens (tertiary/aromatic N) is 1. The predicted octanol–water partition coefficient (Wildman–Crippen LogP) is 4.77. The summed E-state index contributed by atoms with van der Waals surface area (Å²) in [6.07, 6.45) is 7.55. The molecule has 0 unspecified atom stereocenters. The van der Waals surface area contributed by atoms with Crippen molar-refractivity contribution >= 4 is 34.9 Å². The number of amides is 1. The van der Waals surface area contributed by atoms with E-state index in [4.69, 9.17) is 21.2 Å². The SMILES string of the molecule is NC(=O)OC1CCC(c2ncc(-c3ccc(N)cc3SC3CC3)s2)CC1. The monoisotopic (exact) mass is 389 g/mol. The van der Waals surface area contributed by atoms with Gasteiger partial charge in [0.25, 0.3) is 0 Å². The third-order valence-electron chi connectivity index (χ3n) is 4.92. The van der Waals surface area contributed by atoms with Crippen molar-refractivity contribution in [3.05, 3.63) is 29.4 Å². The second-order valence-electron chi connectivity index (χ2n) is 7.05. The lowest BCUT2D eigenvalue weighted by molar-refractivity contribution is 0.0787. The Labute approximate surface area is 161 Å². The number of nitrogen functional groups attached to an aromatic ring is 1. The molecule has 5 nitrogen and oxygen atoms in total. The Morgan fingerprint density at radius 2 is 1.96 bits per heavy atom. The van der Waals surface area contributed by atoms with Gasteiger partial charge in [-0.1, -0.05) is 6.07 Å². The van der Waals surface area contributed by atoms with Crippen molar-refractivity contribution in [3.8, 4) is 10.4 Å². The van der Waals surface area contributed by atoms with Crippen LogP contribution in [0.2, 0.25) is 0 Å². The van der Waals surface area contributed by atoms with Crippen molar-refractivity contribution in [2.75, 3.05) is 5.73 Å². The Morgan fingerprint density at radius 3 is 2.65 bits per heavy atom. The van der Waals surface area contributed by atoms with Crippen molar-refractivity contribution in [2.45, 2.75) is 60.7 Å². The van der Waals surface area contributed by atoms with Gasteiger partial charge in [0, 0.05) is 33.5 Å². The van der Waals surface area contributed by atoms with Crippen LogP contribution >= 0.6 is 23.1 Å². The maximum absolute atomic E-state index is 10.9. The smallest absolute Gasteiger partial charge is 0.404 e. The van der Waals surface area contributed by atoms with Crippen LogP contribution in [0.3, 0.4) is 0 Å². The first kappa shape index (κ1) is 17.7. The van der Waals surface area contributed by atoms with Gasteiger partial charge in [-0.05, 0) is 50.7 Å². The van der Waals surface area contributed by atoms with Crippen LogP contribution in [-0.4, -0.2) is 22.4 Å². The fourth-order valence-corrected chi connectivity index (χ4v) is 5.83. The second kappa shape index (κ2) is 7.48. The summed E-state index contributed by atoms with van der Waals surface area (Å²) in [6.45, 7) is 0. The average Bonchev–Trinajstić information content (AvgIpc) is 3.29. The summed E-state index contributed by atoms with van der Waals surface area (Å²) in [7, 11) is 0. The largest absolute Gasteiger partial charge is 0.446 e. The van der Waals surface area contributed by atoms with Crippen molar-refractivity contribution in [3.63, 3.8) is 0 Å². The fourth-order valence-electron chi connectivity index (χ4n) is 3.40. The van der Waals surface area contributed by atoms with E-state index < -0.39 is 6.09 Å². The molecule has 4 rings (SSSR count). The van der Waals surface area contributed by atoms with Gasteiger partial charge >= 0.3 is 6.09 Å². The van der Waals surface area contributed by atoms with Gasteiger partial charge in [0.1, 0.15) is 6.10 Å². The first-order chi connectivity index (χ1) is 12.6. The molecule has 4 N–H and O–H groups in total. The lowest BCUT2D eigenvalue weighted by Crippen LogP contribution is -2.26. The molecule has 2 aliphatic carbocycles. The molecule has 0 atom stereocenters. The van der Waals surface area contributed by atoms with E-state index in [1.807, 2.05) is 24.0 Å². The van der Waals surface area contributed by atoms with Crippen molar-refractivity contribution < 1.29 is 9.53 Å². The lowest BCUT2D eigenvalue weighted by atomic mass is 9.88. The van der Waals surface area contributed by atoms with E-state index >= 15 is 0 Å². The summed E-state index contributed by atoms with van der Waals surface area (Å²) in [5.41, 5.74) is 13.2. The molecule has 0 spiro atoms. The van der Waals surface area contributed by atoms with Crippen LogP contribution < -0.4 is 11.5 Å². The molecule has 2 aliphatic rings. The molecule has 1 aromatic carbocycles. The highest BCUT2D eigenvalue weighted by molar-refractivity contribution is 8.00. The zero-order valence-corrected chi connectivity index (χ0v) is 16.2. The normalized spacial score (nSPS) is 22.9. The van der Waals surface area contributed by atoms with Crippen LogP contribution in [0.25, 0.3) is 10.4 Å². The van der Waals surface area contributed by atoms with Gasteiger partial charge in [0.2, 0.25) is 0 Å². The Balaban J connectivity index is 1.48. The third kappa shape index (κ3) is 4.15. The summed E-state index contributed by atoms with van der Waals surface area (Å²) >= 11 is 3.71. The average molecular weight is 390 g/mol. The summed E-state index contributed by atoms with van der Waals surface area (Å²) < 4.78 is 5.13. The molecule has 1 heterocycles. The Kier molecular flexibility index (Phi) is 5.09. The Bertz CT molecular complexity index is 796. The van der Waals surface area contributed by atoms with E-state index in [1.165, 1.54) is 33.2 Å². The molecule has 2 saturated carbocycles. The van der Waals surface area contributed by atoms with Gasteiger partial charge in [-0.3, -0.25) is 0 Å². The van der Waals surface area contributed by atoms with Crippen molar-refractivity contribution in [1.29, 1.82) is 0 Å². The Hall–Kier alpha value is -1.73. The van der Waals surface area contributed by atoms with Gasteiger partial charge in [0.05, 0.1) is 9.88 Å². The fraction of sp³-hybridized carbons (Fsp3) is 0.474. The number of carbonyl (C=O) groups is 1. The number of carbonyl (C=O) groups excluding carboxylic acids is 1. The minimum Gasteiger partial charge on any atom is -0.446 e. The number of thioether (sulfide) groups is 1. The number of primary amides is 1. The van der Waals surface area contributed by atoms with Crippen LogP contribution in [0.5, 0.6) is 0 Å². The summed E-state index contributed by atoms with van der Waals surface area (Å²) in [5, 5.41) is 1.92. The van der Waals surface area contributed by atoms with Gasteiger partial charge < -0.3 is 16.2 Å². The van der Waals surface area contributed by atoms with Crippen LogP contribution in [0, 0.1) is 0 Å². The number of ether oxygens (including phenoxy) is 1. The van der Waals surface area contributed by atoms with Gasteiger partial charge in [0.15, 0.2) is 0 Å². The number of benzene rings is 1. The van der Waals surface area contributed by atoms with Crippen molar-refractivity contribution in [1.82, 2.24) is 4.98 Å². The first-order valence-corrected chi connectivity index (χ1v) is 10.8. The Morgan fingerprint density at radius 1 is 1.19 bits per heavy atom. The number of nitrogens with two attached hydrogens (primary N) is 2. The maximum Gasteiger partial charge on any atom is 0.404 e. The maximum atomic E-state index is 10.9. The predicted molar refractivity (Wildman–Crippen MR) is 107 cm³/mol. The minimum absolute atomic E-state index is 0.0400. The van der Waals surface area contributed by atoms with E-state index in [-0.39, 0.29) is 6.10 Å². The standard InChI is InChI=1S/C19H23N3O2S2/c20-12-3-8-15(16(9-12)25-14-6-7-14)17-10-22-18(26-17)11-1-4-13(5-2-11)24-19(21)23/h3,8-11,13-14H,1-2,4-7,20H2,(H2,21,23). The quantitative estimate of drug-likeness (QED) is 0.719. The highest BCUT2D eigenvalue weighted by Crippen LogP contribution is 2.45. The number of hydrogen-bond acceptors (Lipinski definition) is 6. The zero-order valence-electron chi connectivity index (χ0n) is 14.5. The summed E-state index contributed by atoms with van der Waals surface area (Å²) in [5.74, 6) is 0.440. The number of aromatic nitrogens is 1. The zero-order chi connectivity index (χ0) is 18.1. The third-order valence-corrected chi connectivity index (χ3v) is 7.51. The van der Waals surface area contributed by atoms with E-state index in [1.54, 1.807) is 11.3 Å². The number of anilines is 1. The molecule has 2 fully saturated rings. The summed E-state index contributed by atoms with van der Waals surface area (Å²) in [4.78, 5) is 18.1. The molecule has 1 amide bonds. The molecule has 138 valence electrons. The number of hydrogen-bond donors (Lipinski definition) is 2. The van der Waals surface area contributed by atoms with Crippen LogP contribution in [0.1, 0.15) is 49.5 Å². The second-order valence-corrected chi connectivity index (χ2v) is 9.45. The minimum atomic E-state index is -0.672. The van der Waals surface area contributed by atoms with E-state index in [0.29, 0.717) is 5.92 Å². The first-order valence-electron chi connectivity index (χ1n) is 9.07. The lowest BCUT2D eigenvalue weighted by Gasteiger charge is -2.26. The molecule has 0 saturated heterocycles. The molecule has 1 aromatic heterocycles. The van der Waals surface area contributed by atoms with Crippen molar-refractivity contribution in [2.24, 2.45) is 5.73 Å². The molecule has 0 bridgehead atoms. The number of rotatable bonds is 5. The van der Waals surface area contributed by atoms with Crippen LogP contribution in [-0.2, 0) is 4.74 Å². The van der Waals surface area contributed by atoms with E-state index in [2.05, 4.69) is 12.1 Å². The summed E-state index contributed by atoms with van der Waals surface area (Å²) in [6, 6.07) is 6.18. The molecular weight excluding hydrogens is 366 g/mol. The molecule has 7 heteroatoms. The van der Waals surface area contributed by atoms with Gasteiger partial charge in [-0.25, -0.2) is 9.78 Å². The van der Waals surface area contributed by atoms with Gasteiger partial charge in [-0.2, -0.15) is 0 Å². The molecule has 26 heavy (non-hydrogen) atoms. The highest BCUT2D eigenvalue weighted by Gasteiger charge is 2.27. The van der Waals surface area contributed by atoms with E-state index in [0.717, 1.165) is 36.6 Å². The molecule has 0 radical (unpaired) electrons. The molecule has 2 aromatic rings. The molecular formula is C19H23N3O2S2. The highest BCUT2D eigenvalue weighted by atomic mass is 32.2. The number of thiazole rings is 1. The topological polar surface area (TPSA) is 91.2 Å². The van der Waals surface area contributed by atoms with E-state index in [9.17, 15) is 4.79 Å².